The molecule has 1 N–H and O–H groups in total. The summed E-state index contributed by atoms with van der Waals surface area (Å²) in [5.41, 5.74) is 0.615. The highest BCUT2D eigenvalue weighted by Gasteiger charge is 2.28. The van der Waals surface area contributed by atoms with Crippen molar-refractivity contribution in [2.75, 3.05) is 26.7 Å². The lowest BCUT2D eigenvalue weighted by Crippen LogP contribution is -2.43. The van der Waals surface area contributed by atoms with E-state index in [9.17, 15) is 0 Å². The van der Waals surface area contributed by atoms with Gasteiger partial charge in [-0.25, -0.2) is 0 Å². The van der Waals surface area contributed by atoms with Crippen molar-refractivity contribution in [3.63, 3.8) is 0 Å². The minimum atomic E-state index is 0.615. The smallest absolute Gasteiger partial charge is 0.0116 e. The fourth-order valence-electron chi connectivity index (χ4n) is 3.45. The Hall–Kier alpha value is -0.0800. The molecule has 100 valence electrons. The Morgan fingerprint density at radius 1 is 1.06 bits per heavy atom. The second-order valence-corrected chi connectivity index (χ2v) is 7.03. The van der Waals surface area contributed by atoms with Gasteiger partial charge in [0.1, 0.15) is 0 Å². The zero-order valence-corrected chi connectivity index (χ0v) is 12.0. The van der Waals surface area contributed by atoms with E-state index in [1.807, 2.05) is 0 Å². The summed E-state index contributed by atoms with van der Waals surface area (Å²) in [4.78, 5) is 2.64. The van der Waals surface area contributed by atoms with E-state index in [2.05, 4.69) is 31.1 Å². The van der Waals surface area contributed by atoms with Crippen LogP contribution in [0.4, 0.5) is 0 Å². The van der Waals surface area contributed by atoms with E-state index in [1.165, 1.54) is 58.2 Å². The number of rotatable bonds is 3. The van der Waals surface area contributed by atoms with Gasteiger partial charge in [0.05, 0.1) is 0 Å². The van der Waals surface area contributed by atoms with Crippen LogP contribution < -0.4 is 5.32 Å². The largest absolute Gasteiger partial charge is 0.317 e. The van der Waals surface area contributed by atoms with Crippen LogP contribution >= 0.6 is 0 Å². The second-order valence-electron chi connectivity index (χ2n) is 7.03. The molecular weight excluding hydrogens is 208 g/mol. The number of nitrogens with zero attached hydrogens (tertiary/aromatic N) is 1. The maximum Gasteiger partial charge on any atom is 0.0116 e. The summed E-state index contributed by atoms with van der Waals surface area (Å²) >= 11 is 0. The van der Waals surface area contributed by atoms with Crippen molar-refractivity contribution >= 4 is 0 Å². The molecular formula is C15H30N2. The van der Waals surface area contributed by atoms with Gasteiger partial charge in [-0.2, -0.15) is 0 Å². The average Bonchev–Trinajstić information content (AvgIpc) is 2.33. The van der Waals surface area contributed by atoms with Gasteiger partial charge in [0.15, 0.2) is 0 Å². The van der Waals surface area contributed by atoms with Crippen molar-refractivity contribution in [3.05, 3.63) is 0 Å². The zero-order chi connectivity index (χ0) is 12.3. The van der Waals surface area contributed by atoms with E-state index in [-0.39, 0.29) is 0 Å². The van der Waals surface area contributed by atoms with Crippen LogP contribution in [-0.4, -0.2) is 37.6 Å². The minimum absolute atomic E-state index is 0.615. The lowest BCUT2D eigenvalue weighted by atomic mass is 9.73. The van der Waals surface area contributed by atoms with Crippen molar-refractivity contribution < 1.29 is 0 Å². The fourth-order valence-corrected chi connectivity index (χ4v) is 3.45. The molecule has 2 heteroatoms. The molecule has 17 heavy (non-hydrogen) atoms. The summed E-state index contributed by atoms with van der Waals surface area (Å²) in [6.45, 7) is 8.62. The third kappa shape index (κ3) is 3.96. The van der Waals surface area contributed by atoms with Crippen LogP contribution in [0, 0.1) is 11.3 Å². The molecule has 2 nitrogen and oxygen atoms in total. The van der Waals surface area contributed by atoms with Crippen LogP contribution in [0.2, 0.25) is 0 Å². The first kappa shape index (κ1) is 13.4. The summed E-state index contributed by atoms with van der Waals surface area (Å²) in [7, 11) is 2.34. The molecule has 1 saturated heterocycles. The predicted molar refractivity (Wildman–Crippen MR) is 74.3 cm³/mol. The first-order chi connectivity index (χ1) is 8.07. The number of hydrogen-bond acceptors (Lipinski definition) is 2. The Balaban J connectivity index is 1.73. The molecule has 0 amide bonds. The number of nitrogens with one attached hydrogen (secondary N) is 1. The maximum atomic E-state index is 3.46. The maximum absolute atomic E-state index is 3.46. The summed E-state index contributed by atoms with van der Waals surface area (Å²) in [5, 5.41) is 3.46. The van der Waals surface area contributed by atoms with Gasteiger partial charge in [0.2, 0.25) is 0 Å². The molecule has 0 aromatic rings. The van der Waals surface area contributed by atoms with E-state index in [0.29, 0.717) is 5.41 Å². The Bertz CT molecular complexity index is 221. The molecule has 0 radical (unpaired) electrons. The molecule has 2 fully saturated rings. The van der Waals surface area contributed by atoms with Gasteiger partial charge >= 0.3 is 0 Å². The van der Waals surface area contributed by atoms with Crippen LogP contribution in [0.5, 0.6) is 0 Å². The van der Waals surface area contributed by atoms with E-state index in [1.54, 1.807) is 0 Å². The standard InChI is InChI=1S/C15H30N2/c1-15(2)8-4-13(5-9-15)12-17(3)14-6-10-16-11-7-14/h13-14,16H,4-12H2,1-3H3. The predicted octanol–water partition coefficient (Wildman–Crippen LogP) is 2.89. The molecule has 0 aromatic heterocycles. The third-order valence-corrected chi connectivity index (χ3v) is 4.94. The van der Waals surface area contributed by atoms with Gasteiger partial charge in [-0.05, 0) is 70.0 Å². The highest BCUT2D eigenvalue weighted by atomic mass is 15.1. The monoisotopic (exact) mass is 238 g/mol. The van der Waals surface area contributed by atoms with Gasteiger partial charge in [0.25, 0.3) is 0 Å². The molecule has 2 aliphatic rings. The molecule has 2 rings (SSSR count). The second kappa shape index (κ2) is 5.71. The highest BCUT2D eigenvalue weighted by molar-refractivity contribution is 4.82. The van der Waals surface area contributed by atoms with Crippen molar-refractivity contribution in [1.82, 2.24) is 10.2 Å². The van der Waals surface area contributed by atoms with E-state index >= 15 is 0 Å². The Labute approximate surface area is 107 Å². The summed E-state index contributed by atoms with van der Waals surface area (Å²) < 4.78 is 0. The number of piperidine rings is 1. The average molecular weight is 238 g/mol. The Morgan fingerprint density at radius 2 is 1.65 bits per heavy atom. The summed E-state index contributed by atoms with van der Waals surface area (Å²) in [5.74, 6) is 0.961. The van der Waals surface area contributed by atoms with Crippen LogP contribution in [0.15, 0.2) is 0 Å². The molecule has 1 saturated carbocycles. The van der Waals surface area contributed by atoms with Gasteiger partial charge in [-0.3, -0.25) is 0 Å². The van der Waals surface area contributed by atoms with Gasteiger partial charge in [-0.1, -0.05) is 13.8 Å². The first-order valence-electron chi connectivity index (χ1n) is 7.48. The van der Waals surface area contributed by atoms with Gasteiger partial charge in [-0.15, -0.1) is 0 Å². The Morgan fingerprint density at radius 3 is 2.24 bits per heavy atom. The molecule has 1 heterocycles. The fraction of sp³-hybridized carbons (Fsp3) is 1.00. The van der Waals surface area contributed by atoms with Crippen LogP contribution in [0.25, 0.3) is 0 Å². The van der Waals surface area contributed by atoms with Gasteiger partial charge in [0, 0.05) is 12.6 Å². The van der Waals surface area contributed by atoms with E-state index in [0.717, 1.165) is 12.0 Å². The molecule has 0 bridgehead atoms. The molecule has 1 aliphatic carbocycles. The topological polar surface area (TPSA) is 15.3 Å². The van der Waals surface area contributed by atoms with Crippen LogP contribution in [0.3, 0.4) is 0 Å². The third-order valence-electron chi connectivity index (χ3n) is 4.94. The van der Waals surface area contributed by atoms with Crippen LogP contribution in [0.1, 0.15) is 52.4 Å². The molecule has 0 unspecified atom stereocenters. The van der Waals surface area contributed by atoms with Crippen molar-refractivity contribution in [2.24, 2.45) is 11.3 Å². The van der Waals surface area contributed by atoms with Crippen molar-refractivity contribution in [1.29, 1.82) is 0 Å². The SMILES string of the molecule is CN(CC1CCC(C)(C)CC1)C1CCNCC1. The van der Waals surface area contributed by atoms with Crippen molar-refractivity contribution in [2.45, 2.75) is 58.4 Å². The lowest BCUT2D eigenvalue weighted by Gasteiger charge is -2.38. The highest BCUT2D eigenvalue weighted by Crippen LogP contribution is 2.38. The zero-order valence-electron chi connectivity index (χ0n) is 12.0. The quantitative estimate of drug-likeness (QED) is 0.813. The molecule has 0 aromatic carbocycles. The molecule has 0 atom stereocenters. The van der Waals surface area contributed by atoms with Crippen molar-refractivity contribution in [3.8, 4) is 0 Å². The normalized spacial score (nSPS) is 27.5. The number of hydrogen-bond donors (Lipinski definition) is 1. The Kier molecular flexibility index (Phi) is 4.48. The van der Waals surface area contributed by atoms with E-state index < -0.39 is 0 Å². The summed E-state index contributed by atoms with van der Waals surface area (Å²) in [6, 6.07) is 0.839. The molecule has 1 aliphatic heterocycles. The lowest BCUT2D eigenvalue weighted by molar-refractivity contribution is 0.123. The van der Waals surface area contributed by atoms with Gasteiger partial charge < -0.3 is 10.2 Å². The summed E-state index contributed by atoms with van der Waals surface area (Å²) in [6.07, 6.45) is 8.43. The minimum Gasteiger partial charge on any atom is -0.317 e. The molecule has 0 spiro atoms. The van der Waals surface area contributed by atoms with E-state index in [4.69, 9.17) is 0 Å². The van der Waals surface area contributed by atoms with Crippen LogP contribution in [-0.2, 0) is 0 Å². The first-order valence-corrected chi connectivity index (χ1v) is 7.48.